The third-order valence-electron chi connectivity index (χ3n) is 9.43. The van der Waals surface area contributed by atoms with Gasteiger partial charge in [-0.05, 0) is 77.7 Å². The Bertz CT molecular complexity index is 698. The fourth-order valence-electron chi connectivity index (χ4n) is 5.93. The van der Waals surface area contributed by atoms with Gasteiger partial charge in [0, 0.05) is 0 Å². The van der Waals surface area contributed by atoms with Gasteiger partial charge in [0.2, 0.25) is 0 Å². The number of fused-ring (bicyclic) bond motifs is 1. The van der Waals surface area contributed by atoms with Crippen LogP contribution in [0.2, 0.25) is 0 Å². The Hall–Kier alpha value is -1.04. The molecule has 0 nitrogen and oxygen atoms in total. The topological polar surface area (TPSA) is 0 Å². The number of benzene rings is 1. The maximum atomic E-state index is 2.53. The molecular formula is C30H50. The minimum absolute atomic E-state index is 0.372. The van der Waals surface area contributed by atoms with E-state index in [1.807, 2.05) is 0 Å². The van der Waals surface area contributed by atoms with E-state index in [-0.39, 0.29) is 0 Å². The SMILES string of the molecule is CCC(C)C1(C)CC(C)C(C)c2ccccc21.CCC(C)C1C=C(C)C(C)C(C)C1. The lowest BCUT2D eigenvalue weighted by Gasteiger charge is -2.46. The molecule has 3 rings (SSSR count). The summed E-state index contributed by atoms with van der Waals surface area (Å²) < 4.78 is 0. The molecule has 0 heterocycles. The normalized spacial score (nSPS) is 35.4. The molecule has 0 amide bonds. The van der Waals surface area contributed by atoms with E-state index in [0.717, 1.165) is 35.5 Å². The zero-order chi connectivity index (χ0) is 22.6. The van der Waals surface area contributed by atoms with Gasteiger partial charge in [0.05, 0.1) is 0 Å². The lowest BCUT2D eigenvalue weighted by atomic mass is 9.59. The lowest BCUT2D eigenvalue weighted by Crippen LogP contribution is -2.38. The largest absolute Gasteiger partial charge is 0.0819 e. The van der Waals surface area contributed by atoms with E-state index in [9.17, 15) is 0 Å². The lowest BCUT2D eigenvalue weighted by molar-refractivity contribution is 0.210. The number of hydrogen-bond acceptors (Lipinski definition) is 0. The van der Waals surface area contributed by atoms with Gasteiger partial charge in [-0.1, -0.05) is 111 Å². The first kappa shape index (κ1) is 25.2. The fraction of sp³-hybridized carbons (Fsp3) is 0.733. The molecule has 170 valence electrons. The molecule has 0 bridgehead atoms. The highest BCUT2D eigenvalue weighted by Gasteiger charge is 2.41. The Morgan fingerprint density at radius 2 is 1.57 bits per heavy atom. The minimum Gasteiger partial charge on any atom is -0.0819 e. The van der Waals surface area contributed by atoms with Crippen LogP contribution in [0.15, 0.2) is 35.9 Å². The Balaban J connectivity index is 0.000000222. The van der Waals surface area contributed by atoms with Crippen molar-refractivity contribution >= 4 is 0 Å². The molecule has 2 aliphatic carbocycles. The van der Waals surface area contributed by atoms with Crippen molar-refractivity contribution in [1.82, 2.24) is 0 Å². The van der Waals surface area contributed by atoms with E-state index in [0.29, 0.717) is 11.3 Å². The first-order chi connectivity index (χ1) is 14.1. The zero-order valence-corrected chi connectivity index (χ0v) is 21.8. The van der Waals surface area contributed by atoms with Gasteiger partial charge in [-0.3, -0.25) is 0 Å². The molecule has 0 heteroatoms. The van der Waals surface area contributed by atoms with Crippen molar-refractivity contribution in [2.45, 2.75) is 106 Å². The third-order valence-corrected chi connectivity index (χ3v) is 9.43. The van der Waals surface area contributed by atoms with Crippen molar-refractivity contribution in [3.63, 3.8) is 0 Å². The molecule has 30 heavy (non-hydrogen) atoms. The third kappa shape index (κ3) is 5.23. The van der Waals surface area contributed by atoms with E-state index in [1.54, 1.807) is 16.7 Å². The Morgan fingerprint density at radius 3 is 2.13 bits per heavy atom. The Morgan fingerprint density at radius 1 is 0.933 bits per heavy atom. The summed E-state index contributed by atoms with van der Waals surface area (Å²) in [6.07, 6.45) is 7.84. The summed E-state index contributed by atoms with van der Waals surface area (Å²) in [6.45, 7) is 23.8. The molecule has 0 spiro atoms. The van der Waals surface area contributed by atoms with Crippen LogP contribution < -0.4 is 0 Å². The van der Waals surface area contributed by atoms with Gasteiger partial charge in [-0.15, -0.1) is 0 Å². The number of hydrogen-bond donors (Lipinski definition) is 0. The molecule has 0 aromatic heterocycles. The van der Waals surface area contributed by atoms with Crippen LogP contribution in [0.3, 0.4) is 0 Å². The van der Waals surface area contributed by atoms with Crippen molar-refractivity contribution < 1.29 is 0 Å². The quantitative estimate of drug-likeness (QED) is 0.433. The first-order valence-electron chi connectivity index (χ1n) is 12.8. The Labute approximate surface area is 188 Å². The van der Waals surface area contributed by atoms with Crippen molar-refractivity contribution in [2.75, 3.05) is 0 Å². The van der Waals surface area contributed by atoms with Gasteiger partial charge in [0.25, 0.3) is 0 Å². The van der Waals surface area contributed by atoms with E-state index >= 15 is 0 Å². The summed E-state index contributed by atoms with van der Waals surface area (Å²) in [5.41, 5.74) is 5.19. The van der Waals surface area contributed by atoms with Gasteiger partial charge in [-0.25, -0.2) is 0 Å². The van der Waals surface area contributed by atoms with Gasteiger partial charge in [-0.2, -0.15) is 0 Å². The zero-order valence-electron chi connectivity index (χ0n) is 21.8. The van der Waals surface area contributed by atoms with E-state index < -0.39 is 0 Å². The van der Waals surface area contributed by atoms with Crippen molar-refractivity contribution in [3.8, 4) is 0 Å². The predicted molar refractivity (Wildman–Crippen MR) is 135 cm³/mol. The molecule has 0 saturated heterocycles. The molecule has 0 N–H and O–H groups in total. The standard InChI is InChI=1S/C17H26.C13H24/c1-6-13(3)17(5)11-12(2)14(4)15-9-7-8-10-16(15)17;1-6-9(2)13-7-10(3)12(5)11(4)8-13/h7-10,12-14H,6,11H2,1-5H3;7,9,11-13H,6,8H2,1-5H3. The van der Waals surface area contributed by atoms with Crippen LogP contribution in [-0.4, -0.2) is 0 Å². The summed E-state index contributed by atoms with van der Waals surface area (Å²) in [5.74, 6) is 5.66. The number of rotatable bonds is 4. The van der Waals surface area contributed by atoms with Crippen molar-refractivity contribution in [2.24, 2.45) is 35.5 Å². The second-order valence-corrected chi connectivity index (χ2v) is 11.2. The molecule has 0 radical (unpaired) electrons. The smallest absolute Gasteiger partial charge is 0.00442 e. The van der Waals surface area contributed by atoms with E-state index in [1.165, 1.54) is 25.7 Å². The molecule has 8 atom stereocenters. The van der Waals surface area contributed by atoms with Crippen LogP contribution >= 0.6 is 0 Å². The second-order valence-electron chi connectivity index (χ2n) is 11.2. The van der Waals surface area contributed by atoms with Crippen LogP contribution in [0.4, 0.5) is 0 Å². The average molecular weight is 411 g/mol. The summed E-state index contributed by atoms with van der Waals surface area (Å²) in [5, 5.41) is 0. The van der Waals surface area contributed by atoms with Gasteiger partial charge < -0.3 is 0 Å². The maximum Gasteiger partial charge on any atom is -0.00442 e. The van der Waals surface area contributed by atoms with Crippen LogP contribution in [0, 0.1) is 35.5 Å². The molecule has 8 unspecified atom stereocenters. The summed E-state index contributed by atoms with van der Waals surface area (Å²) >= 11 is 0. The van der Waals surface area contributed by atoms with Crippen molar-refractivity contribution in [1.29, 1.82) is 0 Å². The summed E-state index contributed by atoms with van der Waals surface area (Å²) in [6, 6.07) is 9.12. The van der Waals surface area contributed by atoms with Crippen LogP contribution in [0.25, 0.3) is 0 Å². The summed E-state index contributed by atoms with van der Waals surface area (Å²) in [4.78, 5) is 0. The molecule has 0 aliphatic heterocycles. The molecule has 1 aromatic carbocycles. The van der Waals surface area contributed by atoms with Crippen LogP contribution in [0.1, 0.15) is 112 Å². The predicted octanol–water partition coefficient (Wildman–Crippen LogP) is 9.40. The van der Waals surface area contributed by atoms with Crippen LogP contribution in [0.5, 0.6) is 0 Å². The monoisotopic (exact) mass is 410 g/mol. The summed E-state index contributed by atoms with van der Waals surface area (Å²) in [7, 11) is 0. The second kappa shape index (κ2) is 10.5. The molecule has 1 aromatic rings. The highest BCUT2D eigenvalue weighted by Crippen LogP contribution is 2.49. The van der Waals surface area contributed by atoms with Gasteiger partial charge in [0.1, 0.15) is 0 Å². The number of allylic oxidation sites excluding steroid dienone is 2. The van der Waals surface area contributed by atoms with Gasteiger partial charge in [0.15, 0.2) is 0 Å². The fourth-order valence-corrected chi connectivity index (χ4v) is 5.93. The molecule has 0 fully saturated rings. The van der Waals surface area contributed by atoms with Crippen molar-refractivity contribution in [3.05, 3.63) is 47.0 Å². The highest BCUT2D eigenvalue weighted by atomic mass is 14.4. The molecule has 0 saturated carbocycles. The maximum absolute atomic E-state index is 2.53. The minimum atomic E-state index is 0.372. The molecule has 2 aliphatic rings. The molecular weight excluding hydrogens is 360 g/mol. The average Bonchev–Trinajstić information content (AvgIpc) is 2.74. The highest BCUT2D eigenvalue weighted by molar-refractivity contribution is 5.39. The van der Waals surface area contributed by atoms with E-state index in [4.69, 9.17) is 0 Å². The Kier molecular flexibility index (Phi) is 8.84. The van der Waals surface area contributed by atoms with E-state index in [2.05, 4.69) is 99.6 Å². The van der Waals surface area contributed by atoms with Crippen LogP contribution in [-0.2, 0) is 5.41 Å². The first-order valence-corrected chi connectivity index (χ1v) is 12.8. The van der Waals surface area contributed by atoms with Gasteiger partial charge >= 0.3 is 0 Å².